The maximum absolute atomic E-state index is 3.72. The minimum atomic E-state index is 0. The van der Waals surface area contributed by atoms with E-state index in [2.05, 4.69) is 23.3 Å². The molecule has 5 heavy (non-hydrogen) atoms. The first kappa shape index (κ1) is 10.8. The van der Waals surface area contributed by atoms with Gasteiger partial charge in [-0.05, 0) is 19.7 Å². The topological polar surface area (TPSA) is 0 Å². The second-order valence-electron chi connectivity index (χ2n) is 0.149. The zero-order valence-corrected chi connectivity index (χ0v) is 9.32. The van der Waals surface area contributed by atoms with Gasteiger partial charge in [0.05, 0.1) is 0 Å². The van der Waals surface area contributed by atoms with Crippen molar-refractivity contribution in [3.05, 3.63) is 0 Å². The Kier molecular flexibility index (Phi) is 21.6. The molecule has 0 rings (SSSR count). The Bertz CT molecular complexity index is 11.7. The van der Waals surface area contributed by atoms with Gasteiger partial charge in [-0.2, -0.15) is 0 Å². The molecular weight excluding hydrogens is 216 g/mol. The summed E-state index contributed by atoms with van der Waals surface area (Å²) < 4.78 is 0. The Morgan fingerprint density at radius 2 is 1.40 bits per heavy atom. The predicted octanol–water partition coefficient (Wildman–Crippen LogP) is 1.90. The van der Waals surface area contributed by atoms with Crippen molar-refractivity contribution in [2.75, 3.05) is 0 Å². The van der Waals surface area contributed by atoms with Gasteiger partial charge >= 0.3 is 45.5 Å². The van der Waals surface area contributed by atoms with Crippen LogP contribution in [0.25, 0.3) is 0 Å². The van der Waals surface area contributed by atoms with Gasteiger partial charge in [-0.25, -0.2) is 0 Å². The number of hydrogen-bond donors (Lipinski definition) is 2. The van der Waals surface area contributed by atoms with Gasteiger partial charge in [-0.15, -0.1) is 0 Å². The van der Waals surface area contributed by atoms with Crippen LogP contribution in [-0.4, -0.2) is 45.5 Å². The molecule has 0 bridgehead atoms. The molecule has 0 amide bonds. The predicted molar refractivity (Wildman–Crippen MR) is 41.1 cm³/mol. The minimum Gasteiger partial charge on any atom is -1.00 e. The summed E-state index contributed by atoms with van der Waals surface area (Å²) in [6.45, 7) is 0. The van der Waals surface area contributed by atoms with Crippen LogP contribution in [0.15, 0.2) is 0 Å². The molecule has 0 aliphatic heterocycles. The molecule has 0 saturated carbocycles. The zero-order chi connectivity index (χ0) is 3.41. The van der Waals surface area contributed by atoms with Crippen LogP contribution in [0.3, 0.4) is 0 Å². The van der Waals surface area contributed by atoms with Gasteiger partial charge in [0, 0.05) is 0 Å². The van der Waals surface area contributed by atoms with Crippen LogP contribution in [-0.2, 0) is 0 Å². The van der Waals surface area contributed by atoms with Crippen molar-refractivity contribution < 1.29 is 2.85 Å². The van der Waals surface area contributed by atoms with E-state index in [0.29, 0.717) is 0 Å². The van der Waals surface area contributed by atoms with Gasteiger partial charge in [-0.1, -0.05) is 23.3 Å². The maximum Gasteiger partial charge on any atom is 2.00 e. The molecule has 0 radical (unpaired) electrons. The zero-order valence-electron chi connectivity index (χ0n) is 4.42. The van der Waals surface area contributed by atoms with Crippen LogP contribution < -0.4 is 0 Å². The Balaban J connectivity index is -0.0000000150. The molecule has 5 heteroatoms. The monoisotopic (exact) mass is 220 g/mol. The largest absolute Gasteiger partial charge is 2.00 e. The summed E-state index contributed by atoms with van der Waals surface area (Å²) in [6, 6.07) is 0. The Morgan fingerprint density at radius 1 is 1.20 bits per heavy atom. The van der Waals surface area contributed by atoms with Crippen molar-refractivity contribution >= 4 is 88.5 Å². The summed E-state index contributed by atoms with van der Waals surface area (Å²) in [5.41, 5.74) is 0. The fourth-order valence-corrected chi connectivity index (χ4v) is 0. The van der Waals surface area contributed by atoms with E-state index >= 15 is 0 Å². The van der Waals surface area contributed by atoms with E-state index in [4.69, 9.17) is 0 Å². The third-order valence-corrected chi connectivity index (χ3v) is 2.70. The van der Waals surface area contributed by atoms with Gasteiger partial charge in [-0.3, -0.25) is 0 Å². The third kappa shape index (κ3) is 10.9. The molecule has 0 aliphatic carbocycles. The molecular formula is H4S4Sr. The molecule has 0 aromatic carbocycles. The first-order valence-electron chi connectivity index (χ1n) is 0.532. The second kappa shape index (κ2) is 9.99. The van der Waals surface area contributed by atoms with E-state index in [-0.39, 0.29) is 48.3 Å². The average Bonchev–Trinajstić information content (AvgIpc) is 1.37. The van der Waals surface area contributed by atoms with E-state index in [1.165, 1.54) is 19.7 Å². The number of hydrogen-bond acceptors (Lipinski definition) is 4. The normalized spacial score (nSPS) is 6.00. The molecule has 0 aromatic heterocycles. The fraction of sp³-hybridized carbons (Fsp3) is 0. The van der Waals surface area contributed by atoms with Gasteiger partial charge in [0.1, 0.15) is 0 Å². The van der Waals surface area contributed by atoms with Crippen molar-refractivity contribution in [1.82, 2.24) is 0 Å². The van der Waals surface area contributed by atoms with Crippen LogP contribution >= 0.6 is 43.0 Å². The van der Waals surface area contributed by atoms with E-state index in [0.717, 1.165) is 0 Å². The molecule has 0 N–H and O–H groups in total. The van der Waals surface area contributed by atoms with Crippen molar-refractivity contribution in [1.29, 1.82) is 0 Å². The summed E-state index contributed by atoms with van der Waals surface area (Å²) in [6.07, 6.45) is 0. The van der Waals surface area contributed by atoms with Crippen LogP contribution in [0, 0.1) is 0 Å². The standard InChI is InChI=1S/H2S4.Sr.2H/c1-3-4-2;;;/h1-2H;;;/q;+2;2*-1. The van der Waals surface area contributed by atoms with Crippen LogP contribution in [0.5, 0.6) is 0 Å². The average molecular weight is 220 g/mol. The molecule has 0 heterocycles. The molecule has 30 valence electrons. The Labute approximate surface area is 89.5 Å². The molecule has 0 spiro atoms. The van der Waals surface area contributed by atoms with Gasteiger partial charge in [0.2, 0.25) is 0 Å². The van der Waals surface area contributed by atoms with Crippen LogP contribution in [0.1, 0.15) is 2.85 Å². The molecule has 0 nitrogen and oxygen atoms in total. The van der Waals surface area contributed by atoms with E-state index in [1.54, 1.807) is 0 Å². The Hall–Kier alpha value is 2.88. The third-order valence-electron chi connectivity index (χ3n) is 0.0333. The molecule has 0 atom stereocenters. The quantitative estimate of drug-likeness (QED) is 0.393. The maximum atomic E-state index is 3.72. The smallest absolute Gasteiger partial charge is 1.00 e. The molecule has 0 aromatic rings. The SMILES string of the molecule is SSSS.[H-].[H-].[Sr+2]. The Morgan fingerprint density at radius 3 is 1.40 bits per heavy atom. The first-order valence-corrected chi connectivity index (χ1v) is 4.79. The van der Waals surface area contributed by atoms with Crippen LogP contribution in [0.2, 0.25) is 0 Å². The van der Waals surface area contributed by atoms with Gasteiger partial charge in [0.25, 0.3) is 0 Å². The van der Waals surface area contributed by atoms with Crippen molar-refractivity contribution in [2.45, 2.75) is 0 Å². The second-order valence-corrected chi connectivity index (χ2v) is 4.02. The number of rotatable bonds is 1. The minimum absolute atomic E-state index is 0. The summed E-state index contributed by atoms with van der Waals surface area (Å²) in [4.78, 5) is 0. The number of thiol groups is 2. The summed E-state index contributed by atoms with van der Waals surface area (Å²) in [7, 11) is 2.66. The van der Waals surface area contributed by atoms with Crippen LogP contribution in [0.4, 0.5) is 0 Å². The van der Waals surface area contributed by atoms with Crippen molar-refractivity contribution in [3.8, 4) is 0 Å². The molecule has 0 fully saturated rings. The van der Waals surface area contributed by atoms with E-state index in [9.17, 15) is 0 Å². The van der Waals surface area contributed by atoms with Crippen molar-refractivity contribution in [2.24, 2.45) is 0 Å². The van der Waals surface area contributed by atoms with Crippen molar-refractivity contribution in [3.63, 3.8) is 0 Å². The first-order chi connectivity index (χ1) is 1.91. The van der Waals surface area contributed by atoms with E-state index in [1.807, 2.05) is 0 Å². The summed E-state index contributed by atoms with van der Waals surface area (Å²) in [5.74, 6) is 0. The molecule has 0 saturated heterocycles. The fourth-order valence-electron chi connectivity index (χ4n) is 0. The summed E-state index contributed by atoms with van der Waals surface area (Å²) >= 11 is 7.45. The van der Waals surface area contributed by atoms with Gasteiger partial charge < -0.3 is 2.85 Å². The molecule has 0 unspecified atom stereocenters. The molecule has 0 aliphatic rings. The van der Waals surface area contributed by atoms with Gasteiger partial charge in [0.15, 0.2) is 0 Å². The summed E-state index contributed by atoms with van der Waals surface area (Å²) in [5, 5.41) is 0. The van der Waals surface area contributed by atoms with E-state index < -0.39 is 0 Å².